The molecule has 1 aliphatic heterocycles. The van der Waals surface area contributed by atoms with E-state index in [2.05, 4.69) is 54.3 Å². The van der Waals surface area contributed by atoms with Crippen molar-refractivity contribution in [2.75, 3.05) is 25.0 Å². The van der Waals surface area contributed by atoms with Gasteiger partial charge in [-0.3, -0.25) is 4.90 Å². The highest BCUT2D eigenvalue weighted by molar-refractivity contribution is 5.36. The third-order valence-electron chi connectivity index (χ3n) is 3.88. The first-order valence-corrected chi connectivity index (χ1v) is 7.64. The summed E-state index contributed by atoms with van der Waals surface area (Å²) in [6.45, 7) is 10.0. The zero-order valence-corrected chi connectivity index (χ0v) is 12.5. The molecule has 106 valence electrons. The third-order valence-corrected chi connectivity index (χ3v) is 3.88. The predicted molar refractivity (Wildman–Crippen MR) is 81.4 cm³/mol. The summed E-state index contributed by atoms with van der Waals surface area (Å²) in [7, 11) is 0. The van der Waals surface area contributed by atoms with Crippen LogP contribution in [0.4, 0.5) is 5.82 Å². The number of likely N-dealkylation sites (tertiary alicyclic amines) is 1. The molecule has 0 bridgehead atoms. The lowest BCUT2D eigenvalue weighted by atomic mass is 9.96. The van der Waals surface area contributed by atoms with Crippen LogP contribution >= 0.6 is 0 Å². The Morgan fingerprint density at radius 3 is 2.84 bits per heavy atom. The summed E-state index contributed by atoms with van der Waals surface area (Å²) in [5.74, 6) is 1.65. The Bertz CT molecular complexity index is 372. The average molecular weight is 261 g/mol. The van der Waals surface area contributed by atoms with E-state index in [1.807, 2.05) is 0 Å². The van der Waals surface area contributed by atoms with E-state index < -0.39 is 0 Å². The maximum Gasteiger partial charge on any atom is 0.125 e. The molecule has 0 aromatic carbocycles. The van der Waals surface area contributed by atoms with Crippen molar-refractivity contribution in [2.24, 2.45) is 5.92 Å². The second-order valence-corrected chi connectivity index (χ2v) is 5.89. The lowest BCUT2D eigenvalue weighted by molar-refractivity contribution is 0.157. The molecule has 3 heteroatoms. The number of nitrogens with one attached hydrogen (secondary N) is 1. The molecule has 1 aromatic heterocycles. The van der Waals surface area contributed by atoms with Crippen LogP contribution in [0.25, 0.3) is 0 Å². The van der Waals surface area contributed by atoms with Crippen LogP contribution in [0, 0.1) is 5.92 Å². The molecule has 2 rings (SSSR count). The second kappa shape index (κ2) is 6.90. The van der Waals surface area contributed by atoms with E-state index in [4.69, 9.17) is 0 Å². The third kappa shape index (κ3) is 3.93. The average Bonchev–Trinajstić information content (AvgIpc) is 2.45. The molecular weight excluding hydrogens is 234 g/mol. The normalized spacial score (nSPS) is 20.7. The topological polar surface area (TPSA) is 28.2 Å². The van der Waals surface area contributed by atoms with Gasteiger partial charge in [-0.15, -0.1) is 0 Å². The summed E-state index contributed by atoms with van der Waals surface area (Å²) in [5.41, 5.74) is 1.37. The van der Waals surface area contributed by atoms with Gasteiger partial charge in [-0.2, -0.15) is 0 Å². The Balaban J connectivity index is 2.00. The molecule has 0 unspecified atom stereocenters. The van der Waals surface area contributed by atoms with Crippen molar-refractivity contribution in [1.82, 2.24) is 9.88 Å². The van der Waals surface area contributed by atoms with Crippen molar-refractivity contribution in [2.45, 2.75) is 46.1 Å². The van der Waals surface area contributed by atoms with E-state index in [1.165, 1.54) is 31.4 Å². The maximum absolute atomic E-state index is 4.56. The smallest absolute Gasteiger partial charge is 0.125 e. The first-order valence-electron chi connectivity index (χ1n) is 7.64. The molecule has 3 nitrogen and oxygen atoms in total. The molecule has 19 heavy (non-hydrogen) atoms. The first kappa shape index (κ1) is 14.3. The van der Waals surface area contributed by atoms with Crippen LogP contribution in [0.15, 0.2) is 18.3 Å². The van der Waals surface area contributed by atoms with Gasteiger partial charge in [0.05, 0.1) is 0 Å². The molecule has 1 aromatic rings. The van der Waals surface area contributed by atoms with Gasteiger partial charge in [0, 0.05) is 18.8 Å². The minimum Gasteiger partial charge on any atom is -0.370 e. The molecule has 1 saturated heterocycles. The van der Waals surface area contributed by atoms with Crippen molar-refractivity contribution in [1.29, 1.82) is 0 Å². The quantitative estimate of drug-likeness (QED) is 0.876. The van der Waals surface area contributed by atoms with Gasteiger partial charge in [-0.05, 0) is 43.5 Å². The molecule has 2 heterocycles. The number of pyridine rings is 1. The Kier molecular flexibility index (Phi) is 5.20. The van der Waals surface area contributed by atoms with E-state index in [0.29, 0.717) is 12.0 Å². The van der Waals surface area contributed by atoms with Crippen LogP contribution in [-0.2, 0) is 0 Å². The maximum atomic E-state index is 4.56. The monoisotopic (exact) mass is 261 g/mol. The Morgan fingerprint density at radius 1 is 1.37 bits per heavy atom. The van der Waals surface area contributed by atoms with Gasteiger partial charge in [0.1, 0.15) is 5.82 Å². The van der Waals surface area contributed by atoms with E-state index in [0.717, 1.165) is 18.9 Å². The fourth-order valence-electron chi connectivity index (χ4n) is 2.76. The molecule has 1 atom stereocenters. The Morgan fingerprint density at radius 2 is 2.21 bits per heavy atom. The van der Waals surface area contributed by atoms with Crippen LogP contribution in [0.2, 0.25) is 0 Å². The molecule has 0 spiro atoms. The van der Waals surface area contributed by atoms with E-state index >= 15 is 0 Å². The molecule has 0 saturated carbocycles. The summed E-state index contributed by atoms with van der Waals surface area (Å²) >= 11 is 0. The first-order chi connectivity index (χ1) is 9.20. The number of rotatable bonds is 5. The van der Waals surface area contributed by atoms with Crippen molar-refractivity contribution >= 4 is 5.82 Å². The van der Waals surface area contributed by atoms with Gasteiger partial charge in [0.25, 0.3) is 0 Å². The lowest BCUT2D eigenvalue weighted by Gasteiger charge is -2.35. The van der Waals surface area contributed by atoms with Crippen molar-refractivity contribution in [3.05, 3.63) is 23.9 Å². The predicted octanol–water partition coefficient (Wildman–Crippen LogP) is 3.70. The highest BCUT2D eigenvalue weighted by atomic mass is 15.2. The summed E-state index contributed by atoms with van der Waals surface area (Å²) in [5, 5.41) is 3.37. The van der Waals surface area contributed by atoms with E-state index in [1.54, 1.807) is 0 Å². The van der Waals surface area contributed by atoms with E-state index in [9.17, 15) is 0 Å². The summed E-state index contributed by atoms with van der Waals surface area (Å²) in [6, 6.07) is 4.94. The zero-order valence-electron chi connectivity index (χ0n) is 12.5. The molecule has 1 fully saturated rings. The van der Waals surface area contributed by atoms with Gasteiger partial charge in [0.15, 0.2) is 0 Å². The highest BCUT2D eigenvalue weighted by Gasteiger charge is 2.22. The fraction of sp³-hybridized carbons (Fsp3) is 0.688. The number of nitrogens with zero attached hydrogens (tertiary/aromatic N) is 2. The van der Waals surface area contributed by atoms with Crippen molar-refractivity contribution in [3.8, 4) is 0 Å². The number of anilines is 1. The lowest BCUT2D eigenvalue weighted by Crippen LogP contribution is -2.33. The molecule has 0 radical (unpaired) electrons. The fourth-order valence-corrected chi connectivity index (χ4v) is 2.76. The van der Waals surface area contributed by atoms with Crippen LogP contribution in [0.1, 0.15) is 51.6 Å². The summed E-state index contributed by atoms with van der Waals surface area (Å²) in [4.78, 5) is 7.13. The molecule has 1 N–H and O–H groups in total. The van der Waals surface area contributed by atoms with Crippen LogP contribution < -0.4 is 5.32 Å². The number of piperidine rings is 1. The van der Waals surface area contributed by atoms with Crippen molar-refractivity contribution in [3.63, 3.8) is 0 Å². The Hall–Kier alpha value is -1.09. The second-order valence-electron chi connectivity index (χ2n) is 5.89. The molecule has 0 amide bonds. The minimum atomic E-state index is 0.574. The molecular formula is C16H27N3. The summed E-state index contributed by atoms with van der Waals surface area (Å²) < 4.78 is 0. The standard InChI is InChI=1S/C16H27N3/c1-4-19-10-6-5-7-15(19)14-8-9-16(18-12-14)17-11-13(2)3/h8-9,12-13,15H,4-7,10-11H2,1-3H3,(H,17,18)/t15-/m0/s1. The largest absolute Gasteiger partial charge is 0.370 e. The van der Waals surface area contributed by atoms with Crippen LogP contribution in [-0.4, -0.2) is 29.5 Å². The molecule has 0 aliphatic carbocycles. The number of hydrogen-bond acceptors (Lipinski definition) is 3. The van der Waals surface area contributed by atoms with Crippen molar-refractivity contribution < 1.29 is 0 Å². The van der Waals surface area contributed by atoms with Gasteiger partial charge in [-0.25, -0.2) is 4.98 Å². The van der Waals surface area contributed by atoms with Gasteiger partial charge >= 0.3 is 0 Å². The van der Waals surface area contributed by atoms with Gasteiger partial charge in [0.2, 0.25) is 0 Å². The zero-order chi connectivity index (χ0) is 13.7. The van der Waals surface area contributed by atoms with Crippen LogP contribution in [0.3, 0.4) is 0 Å². The number of hydrogen-bond donors (Lipinski definition) is 1. The highest BCUT2D eigenvalue weighted by Crippen LogP contribution is 2.30. The number of aromatic nitrogens is 1. The summed E-state index contributed by atoms with van der Waals surface area (Å²) in [6.07, 6.45) is 6.01. The van der Waals surface area contributed by atoms with Crippen LogP contribution in [0.5, 0.6) is 0 Å². The van der Waals surface area contributed by atoms with Gasteiger partial charge in [-0.1, -0.05) is 33.3 Å². The SMILES string of the molecule is CCN1CCCC[C@H]1c1ccc(NCC(C)C)nc1. The van der Waals surface area contributed by atoms with E-state index in [-0.39, 0.29) is 0 Å². The molecule has 1 aliphatic rings. The Labute approximate surface area is 117 Å². The minimum absolute atomic E-state index is 0.574. The van der Waals surface area contributed by atoms with Gasteiger partial charge < -0.3 is 5.32 Å².